The van der Waals surface area contributed by atoms with Crippen LogP contribution in [0.5, 0.6) is 11.6 Å². The average molecular weight is 267 g/mol. The maximum Gasteiger partial charge on any atom is 0.223 e. The van der Waals surface area contributed by atoms with Crippen LogP contribution in [-0.4, -0.2) is 14.9 Å². The number of hydrogen-bond acceptors (Lipinski definition) is 3. The molecular formula is C13H15ClN2O2. The predicted octanol–water partition coefficient (Wildman–Crippen LogP) is 2.97. The number of benzene rings is 1. The maximum atomic E-state index is 9.35. The summed E-state index contributed by atoms with van der Waals surface area (Å²) >= 11 is 6.08. The van der Waals surface area contributed by atoms with Crippen LogP contribution in [0.2, 0.25) is 5.02 Å². The molecule has 0 aliphatic rings. The molecule has 1 N–H and O–H groups in total. The van der Waals surface area contributed by atoms with E-state index in [1.54, 1.807) is 17.8 Å². The molecule has 2 rings (SSSR count). The summed E-state index contributed by atoms with van der Waals surface area (Å²) in [4.78, 5) is 0. The predicted molar refractivity (Wildman–Crippen MR) is 70.1 cm³/mol. The highest BCUT2D eigenvalue weighted by Crippen LogP contribution is 2.32. The molecule has 0 unspecified atom stereocenters. The van der Waals surface area contributed by atoms with Crippen molar-refractivity contribution < 1.29 is 9.84 Å². The minimum absolute atomic E-state index is 0.113. The van der Waals surface area contributed by atoms with Gasteiger partial charge in [0.05, 0.1) is 22.9 Å². The van der Waals surface area contributed by atoms with Gasteiger partial charge in [0.1, 0.15) is 5.75 Å². The van der Waals surface area contributed by atoms with Crippen LogP contribution in [0.4, 0.5) is 0 Å². The smallest absolute Gasteiger partial charge is 0.223 e. The summed E-state index contributed by atoms with van der Waals surface area (Å²) in [6.45, 7) is 3.68. The molecule has 1 aromatic heterocycles. The van der Waals surface area contributed by atoms with Crippen molar-refractivity contribution in [2.24, 2.45) is 7.05 Å². The summed E-state index contributed by atoms with van der Waals surface area (Å²) in [5, 5.41) is 14.1. The number of hydrogen-bond donors (Lipinski definition) is 1. The van der Waals surface area contributed by atoms with Crippen LogP contribution in [0, 0.1) is 13.8 Å². The standard InChI is InChI=1S/C13H15ClN2O2/c1-8-4-5-11(14)12(6-8)18-13-10(7-17)9(2)15-16(13)3/h4-6,17H,7H2,1-3H3. The Hall–Kier alpha value is -1.52. The first-order valence-corrected chi connectivity index (χ1v) is 5.98. The summed E-state index contributed by atoms with van der Waals surface area (Å²) < 4.78 is 7.37. The second-order valence-electron chi connectivity index (χ2n) is 4.19. The minimum Gasteiger partial charge on any atom is -0.437 e. The summed E-state index contributed by atoms with van der Waals surface area (Å²) in [5.74, 6) is 1.08. The highest BCUT2D eigenvalue weighted by molar-refractivity contribution is 6.32. The largest absolute Gasteiger partial charge is 0.437 e. The Kier molecular flexibility index (Phi) is 3.59. The van der Waals surface area contributed by atoms with E-state index in [2.05, 4.69) is 5.10 Å². The molecule has 18 heavy (non-hydrogen) atoms. The Morgan fingerprint density at radius 3 is 2.78 bits per heavy atom. The molecule has 4 nitrogen and oxygen atoms in total. The number of ether oxygens (including phenoxy) is 1. The molecule has 2 aromatic rings. The Balaban J connectivity index is 2.42. The van der Waals surface area contributed by atoms with Crippen molar-refractivity contribution in [1.29, 1.82) is 0 Å². The molecule has 0 saturated carbocycles. The van der Waals surface area contributed by atoms with E-state index in [-0.39, 0.29) is 6.61 Å². The third-order valence-electron chi connectivity index (χ3n) is 2.74. The highest BCUT2D eigenvalue weighted by Gasteiger charge is 2.15. The summed E-state index contributed by atoms with van der Waals surface area (Å²) in [7, 11) is 1.77. The van der Waals surface area contributed by atoms with Crippen molar-refractivity contribution in [2.75, 3.05) is 0 Å². The van der Waals surface area contributed by atoms with Crippen LogP contribution in [0.1, 0.15) is 16.8 Å². The summed E-state index contributed by atoms with van der Waals surface area (Å²) in [6, 6.07) is 5.55. The first-order valence-electron chi connectivity index (χ1n) is 5.60. The Morgan fingerprint density at radius 1 is 1.39 bits per heavy atom. The van der Waals surface area contributed by atoms with E-state index in [1.807, 2.05) is 26.0 Å². The molecule has 0 aliphatic carbocycles. The number of aromatic nitrogens is 2. The minimum atomic E-state index is -0.113. The number of aliphatic hydroxyl groups is 1. The van der Waals surface area contributed by atoms with E-state index in [1.165, 1.54) is 0 Å². The number of aliphatic hydroxyl groups excluding tert-OH is 1. The first-order chi connectivity index (χ1) is 8.52. The Labute approximate surface area is 111 Å². The fourth-order valence-corrected chi connectivity index (χ4v) is 1.94. The molecule has 1 heterocycles. The van der Waals surface area contributed by atoms with Gasteiger partial charge in [0.25, 0.3) is 0 Å². The van der Waals surface area contributed by atoms with Gasteiger partial charge in [-0.05, 0) is 31.5 Å². The van der Waals surface area contributed by atoms with Gasteiger partial charge in [-0.3, -0.25) is 0 Å². The van der Waals surface area contributed by atoms with Gasteiger partial charge in [0.2, 0.25) is 5.88 Å². The lowest BCUT2D eigenvalue weighted by Gasteiger charge is -2.09. The molecule has 0 fully saturated rings. The fourth-order valence-electron chi connectivity index (χ4n) is 1.78. The first kappa shape index (κ1) is 12.9. The Bertz CT molecular complexity index is 579. The van der Waals surface area contributed by atoms with Crippen molar-refractivity contribution in [3.8, 4) is 11.6 Å². The van der Waals surface area contributed by atoms with Gasteiger partial charge in [0.15, 0.2) is 0 Å². The van der Waals surface area contributed by atoms with Gasteiger partial charge >= 0.3 is 0 Å². The molecule has 0 spiro atoms. The van der Waals surface area contributed by atoms with Crippen molar-refractivity contribution in [3.05, 3.63) is 40.0 Å². The average Bonchev–Trinajstić information content (AvgIpc) is 2.58. The molecule has 0 atom stereocenters. The number of halogens is 1. The second kappa shape index (κ2) is 5.00. The van der Waals surface area contributed by atoms with Gasteiger partial charge in [-0.1, -0.05) is 17.7 Å². The van der Waals surface area contributed by atoms with Crippen LogP contribution >= 0.6 is 11.6 Å². The van der Waals surface area contributed by atoms with Crippen molar-refractivity contribution in [1.82, 2.24) is 9.78 Å². The molecule has 0 amide bonds. The lowest BCUT2D eigenvalue weighted by molar-refractivity contribution is 0.274. The normalized spacial score (nSPS) is 10.7. The number of rotatable bonds is 3. The van der Waals surface area contributed by atoms with Crippen molar-refractivity contribution in [2.45, 2.75) is 20.5 Å². The lowest BCUT2D eigenvalue weighted by atomic mass is 10.2. The molecule has 0 aliphatic heterocycles. The fraction of sp³-hybridized carbons (Fsp3) is 0.308. The van der Waals surface area contributed by atoms with Crippen molar-refractivity contribution in [3.63, 3.8) is 0 Å². The molecule has 0 saturated heterocycles. The van der Waals surface area contributed by atoms with Crippen LogP contribution in [-0.2, 0) is 13.7 Å². The quantitative estimate of drug-likeness (QED) is 0.929. The van der Waals surface area contributed by atoms with E-state index >= 15 is 0 Å². The van der Waals surface area contributed by atoms with E-state index in [0.717, 1.165) is 11.3 Å². The van der Waals surface area contributed by atoms with Crippen LogP contribution < -0.4 is 4.74 Å². The van der Waals surface area contributed by atoms with E-state index in [9.17, 15) is 5.11 Å². The van der Waals surface area contributed by atoms with E-state index in [0.29, 0.717) is 22.2 Å². The van der Waals surface area contributed by atoms with Crippen molar-refractivity contribution >= 4 is 11.6 Å². The second-order valence-corrected chi connectivity index (χ2v) is 4.59. The van der Waals surface area contributed by atoms with Crippen LogP contribution in [0.15, 0.2) is 18.2 Å². The molecule has 5 heteroatoms. The van der Waals surface area contributed by atoms with Gasteiger partial charge in [-0.25, -0.2) is 4.68 Å². The summed E-state index contributed by atoms with van der Waals surface area (Å²) in [5.41, 5.74) is 2.48. The van der Waals surface area contributed by atoms with Gasteiger partial charge in [-0.2, -0.15) is 5.10 Å². The van der Waals surface area contributed by atoms with Gasteiger partial charge in [-0.15, -0.1) is 0 Å². The van der Waals surface area contributed by atoms with E-state index in [4.69, 9.17) is 16.3 Å². The summed E-state index contributed by atoms with van der Waals surface area (Å²) in [6.07, 6.45) is 0. The topological polar surface area (TPSA) is 47.3 Å². The zero-order valence-electron chi connectivity index (χ0n) is 10.6. The maximum absolute atomic E-state index is 9.35. The highest BCUT2D eigenvalue weighted by atomic mass is 35.5. The SMILES string of the molecule is Cc1ccc(Cl)c(Oc2c(CO)c(C)nn2C)c1. The Morgan fingerprint density at radius 2 is 2.11 bits per heavy atom. The van der Waals surface area contributed by atoms with Gasteiger partial charge in [0, 0.05) is 7.05 Å². The molecule has 0 bridgehead atoms. The van der Waals surface area contributed by atoms with E-state index < -0.39 is 0 Å². The van der Waals surface area contributed by atoms with Crippen LogP contribution in [0.25, 0.3) is 0 Å². The molecule has 96 valence electrons. The lowest BCUT2D eigenvalue weighted by Crippen LogP contribution is -1.97. The molecular weight excluding hydrogens is 252 g/mol. The van der Waals surface area contributed by atoms with Crippen LogP contribution in [0.3, 0.4) is 0 Å². The molecule has 0 radical (unpaired) electrons. The third-order valence-corrected chi connectivity index (χ3v) is 3.05. The number of nitrogens with zero attached hydrogens (tertiary/aromatic N) is 2. The number of aryl methyl sites for hydroxylation is 3. The zero-order chi connectivity index (χ0) is 13.3. The zero-order valence-corrected chi connectivity index (χ0v) is 11.3. The third kappa shape index (κ3) is 2.35. The molecule has 1 aromatic carbocycles. The monoisotopic (exact) mass is 266 g/mol. The van der Waals surface area contributed by atoms with Gasteiger partial charge < -0.3 is 9.84 Å².